The number of methoxy groups -OCH3 is 1. The summed E-state index contributed by atoms with van der Waals surface area (Å²) in [6, 6.07) is 0. The molecule has 2 heteroatoms. The zero-order valence-electron chi connectivity index (χ0n) is 10.6. The van der Waals surface area contributed by atoms with E-state index in [0.29, 0.717) is 11.3 Å². The molecule has 92 valence electrons. The van der Waals surface area contributed by atoms with E-state index in [1.165, 1.54) is 26.4 Å². The zero-order chi connectivity index (χ0) is 11.8. The summed E-state index contributed by atoms with van der Waals surface area (Å²) in [6.07, 6.45) is 9.81. The van der Waals surface area contributed by atoms with E-state index < -0.39 is 0 Å². The highest BCUT2D eigenvalue weighted by Gasteiger charge is 2.73. The average Bonchev–Trinajstić information content (AvgIpc) is 2.79. The monoisotopic (exact) mass is 232 g/mol. The Morgan fingerprint density at radius 2 is 2.24 bits per heavy atom. The molecule has 4 rings (SSSR count). The number of carbonyl (C=O) groups is 1. The molecule has 4 bridgehead atoms. The minimum absolute atomic E-state index is 0.0359. The standard InChI is InChI=1S/C15H20O2/c1-14(13(16)17-2)8-10-6-11(14)12-9-4-3-5-15(10,12)7-9/h3-4,9-12H,5-8H2,1-2H3. The van der Waals surface area contributed by atoms with Crippen molar-refractivity contribution in [3.63, 3.8) is 0 Å². The largest absolute Gasteiger partial charge is 0.469 e. The van der Waals surface area contributed by atoms with E-state index in [0.717, 1.165) is 24.2 Å². The fourth-order valence-electron chi connectivity index (χ4n) is 5.90. The van der Waals surface area contributed by atoms with Crippen molar-refractivity contribution in [2.24, 2.45) is 34.5 Å². The van der Waals surface area contributed by atoms with Gasteiger partial charge >= 0.3 is 5.97 Å². The van der Waals surface area contributed by atoms with Crippen LogP contribution in [0.3, 0.4) is 0 Å². The van der Waals surface area contributed by atoms with Gasteiger partial charge in [0.15, 0.2) is 0 Å². The van der Waals surface area contributed by atoms with E-state index in [4.69, 9.17) is 4.74 Å². The number of fused-ring (bicyclic) bond motifs is 2. The van der Waals surface area contributed by atoms with Gasteiger partial charge in [-0.25, -0.2) is 0 Å². The predicted octanol–water partition coefficient (Wildman–Crippen LogP) is 2.79. The molecule has 6 atom stereocenters. The van der Waals surface area contributed by atoms with Crippen molar-refractivity contribution in [3.05, 3.63) is 12.2 Å². The molecular weight excluding hydrogens is 212 g/mol. The first-order chi connectivity index (χ1) is 8.12. The number of hydrogen-bond acceptors (Lipinski definition) is 2. The van der Waals surface area contributed by atoms with Crippen molar-refractivity contribution in [2.45, 2.75) is 32.6 Å². The van der Waals surface area contributed by atoms with Crippen molar-refractivity contribution in [1.29, 1.82) is 0 Å². The smallest absolute Gasteiger partial charge is 0.311 e. The Bertz CT molecular complexity index is 427. The molecule has 6 unspecified atom stereocenters. The molecule has 0 amide bonds. The van der Waals surface area contributed by atoms with Crippen LogP contribution in [0, 0.1) is 34.5 Å². The molecule has 3 saturated carbocycles. The van der Waals surface area contributed by atoms with E-state index in [9.17, 15) is 4.79 Å². The van der Waals surface area contributed by atoms with E-state index in [-0.39, 0.29) is 11.4 Å². The maximum absolute atomic E-state index is 12.1. The molecular formula is C15H20O2. The number of allylic oxidation sites excluding steroid dienone is 2. The maximum Gasteiger partial charge on any atom is 0.311 e. The van der Waals surface area contributed by atoms with Crippen LogP contribution < -0.4 is 0 Å². The van der Waals surface area contributed by atoms with Crippen molar-refractivity contribution >= 4 is 5.97 Å². The molecule has 4 aliphatic carbocycles. The molecule has 0 saturated heterocycles. The van der Waals surface area contributed by atoms with Crippen LogP contribution in [0.5, 0.6) is 0 Å². The molecule has 0 aromatic carbocycles. The normalized spacial score (nSPS) is 57.5. The molecule has 0 aliphatic heterocycles. The quantitative estimate of drug-likeness (QED) is 0.513. The van der Waals surface area contributed by atoms with Crippen LogP contribution in [0.2, 0.25) is 0 Å². The lowest BCUT2D eigenvalue weighted by Crippen LogP contribution is -2.57. The molecule has 0 radical (unpaired) electrons. The second kappa shape index (κ2) is 2.78. The third-order valence-electron chi connectivity index (χ3n) is 6.55. The highest BCUT2D eigenvalue weighted by Crippen LogP contribution is 2.78. The van der Waals surface area contributed by atoms with Crippen molar-refractivity contribution in [3.8, 4) is 0 Å². The van der Waals surface area contributed by atoms with Gasteiger partial charge in [-0.15, -0.1) is 0 Å². The van der Waals surface area contributed by atoms with Gasteiger partial charge in [0.25, 0.3) is 0 Å². The molecule has 0 aromatic heterocycles. The summed E-state index contributed by atoms with van der Waals surface area (Å²) < 4.78 is 5.06. The lowest BCUT2D eigenvalue weighted by atomic mass is 9.42. The third kappa shape index (κ3) is 0.903. The van der Waals surface area contributed by atoms with Crippen molar-refractivity contribution in [2.75, 3.05) is 7.11 Å². The van der Waals surface area contributed by atoms with Crippen LogP contribution in [-0.2, 0) is 9.53 Å². The molecule has 17 heavy (non-hydrogen) atoms. The van der Waals surface area contributed by atoms with Crippen LogP contribution >= 0.6 is 0 Å². The molecule has 0 heterocycles. The fourth-order valence-corrected chi connectivity index (χ4v) is 5.90. The summed E-state index contributed by atoms with van der Waals surface area (Å²) in [7, 11) is 1.54. The van der Waals surface area contributed by atoms with E-state index in [1.54, 1.807) is 0 Å². The van der Waals surface area contributed by atoms with Crippen molar-refractivity contribution < 1.29 is 9.53 Å². The first-order valence-electron chi connectivity index (χ1n) is 6.87. The highest BCUT2D eigenvalue weighted by atomic mass is 16.5. The second-order valence-electron chi connectivity index (χ2n) is 6.91. The molecule has 4 aliphatic rings. The summed E-state index contributed by atoms with van der Waals surface area (Å²) in [6.45, 7) is 2.15. The molecule has 0 N–H and O–H groups in total. The van der Waals surface area contributed by atoms with E-state index in [1.807, 2.05) is 0 Å². The van der Waals surface area contributed by atoms with Gasteiger partial charge in [-0.3, -0.25) is 4.79 Å². The zero-order valence-corrected chi connectivity index (χ0v) is 10.6. The summed E-state index contributed by atoms with van der Waals surface area (Å²) >= 11 is 0. The Morgan fingerprint density at radius 1 is 1.41 bits per heavy atom. The van der Waals surface area contributed by atoms with Gasteiger partial charge in [0, 0.05) is 0 Å². The van der Waals surface area contributed by atoms with Crippen LogP contribution in [0.25, 0.3) is 0 Å². The van der Waals surface area contributed by atoms with Gasteiger partial charge in [0.2, 0.25) is 0 Å². The van der Waals surface area contributed by atoms with Gasteiger partial charge in [-0.2, -0.15) is 0 Å². The molecule has 0 aromatic rings. The SMILES string of the molecule is COC(=O)C1(C)CC2CC1C1C3C=CCC21C3. The van der Waals surface area contributed by atoms with Crippen LogP contribution in [0.1, 0.15) is 32.6 Å². The second-order valence-corrected chi connectivity index (χ2v) is 6.91. The summed E-state index contributed by atoms with van der Waals surface area (Å²) in [4.78, 5) is 12.1. The number of hydrogen-bond donors (Lipinski definition) is 0. The Morgan fingerprint density at radius 3 is 2.94 bits per heavy atom. The van der Waals surface area contributed by atoms with Gasteiger partial charge in [0.05, 0.1) is 12.5 Å². The maximum atomic E-state index is 12.1. The Balaban J connectivity index is 1.73. The first-order valence-corrected chi connectivity index (χ1v) is 6.87. The lowest BCUT2D eigenvalue weighted by molar-refractivity contribution is -0.170. The third-order valence-corrected chi connectivity index (χ3v) is 6.55. The number of carbonyl (C=O) groups excluding carboxylic acids is 1. The number of ether oxygens (including phenoxy) is 1. The average molecular weight is 232 g/mol. The predicted molar refractivity (Wildman–Crippen MR) is 64.1 cm³/mol. The summed E-state index contributed by atoms with van der Waals surface area (Å²) in [5.74, 6) is 2.96. The topological polar surface area (TPSA) is 26.3 Å². The highest BCUT2D eigenvalue weighted by molar-refractivity contribution is 5.77. The Kier molecular flexibility index (Phi) is 1.66. The lowest BCUT2D eigenvalue weighted by Gasteiger charge is -2.62. The molecule has 0 spiro atoms. The van der Waals surface area contributed by atoms with Crippen LogP contribution in [0.15, 0.2) is 12.2 Å². The van der Waals surface area contributed by atoms with Crippen LogP contribution in [-0.4, -0.2) is 13.1 Å². The minimum atomic E-state index is -0.183. The molecule has 2 nitrogen and oxygen atoms in total. The van der Waals surface area contributed by atoms with E-state index >= 15 is 0 Å². The summed E-state index contributed by atoms with van der Waals surface area (Å²) in [5, 5.41) is 0. The van der Waals surface area contributed by atoms with Crippen molar-refractivity contribution in [1.82, 2.24) is 0 Å². The number of esters is 1. The van der Waals surface area contributed by atoms with Crippen LogP contribution in [0.4, 0.5) is 0 Å². The van der Waals surface area contributed by atoms with E-state index in [2.05, 4.69) is 19.1 Å². The summed E-state index contributed by atoms with van der Waals surface area (Å²) in [5.41, 5.74) is 0.412. The Hall–Kier alpha value is -0.790. The Labute approximate surface area is 102 Å². The van der Waals surface area contributed by atoms with Gasteiger partial charge < -0.3 is 4.74 Å². The van der Waals surface area contributed by atoms with Gasteiger partial charge in [0.1, 0.15) is 0 Å². The number of rotatable bonds is 1. The minimum Gasteiger partial charge on any atom is -0.469 e. The van der Waals surface area contributed by atoms with Gasteiger partial charge in [-0.1, -0.05) is 12.2 Å². The first kappa shape index (κ1) is 10.2. The fraction of sp³-hybridized carbons (Fsp3) is 0.800. The van der Waals surface area contributed by atoms with Gasteiger partial charge in [-0.05, 0) is 61.7 Å². The molecule has 3 fully saturated rings.